The predicted molar refractivity (Wildman–Crippen MR) is 96.3 cm³/mol. The monoisotopic (exact) mass is 370 g/mol. The minimum Gasteiger partial charge on any atom is -0.473 e. The Balaban J connectivity index is 1.44. The number of ether oxygens (including phenoxy) is 1. The average Bonchev–Trinajstić information content (AvgIpc) is 3.14. The molecule has 0 saturated heterocycles. The summed E-state index contributed by atoms with van der Waals surface area (Å²) in [5.41, 5.74) is 1.15. The van der Waals surface area contributed by atoms with Crippen LogP contribution < -0.4 is 9.46 Å². The molecule has 0 aliphatic heterocycles. The Morgan fingerprint density at radius 2 is 2.19 bits per heavy atom. The zero-order valence-electron chi connectivity index (χ0n) is 14.4. The third-order valence-corrected chi connectivity index (χ3v) is 4.60. The summed E-state index contributed by atoms with van der Waals surface area (Å²) >= 11 is 1.22. The van der Waals surface area contributed by atoms with Crippen molar-refractivity contribution in [3.05, 3.63) is 48.0 Å². The van der Waals surface area contributed by atoms with Gasteiger partial charge in [0.2, 0.25) is 5.88 Å². The number of aromatic nitrogens is 5. The van der Waals surface area contributed by atoms with Crippen molar-refractivity contribution < 1.29 is 9.53 Å². The number of rotatable bonds is 6. The summed E-state index contributed by atoms with van der Waals surface area (Å²) in [4.78, 5) is 17.7. The number of hydrogen-bond acceptors (Lipinski definition) is 6. The van der Waals surface area contributed by atoms with Gasteiger partial charge in [-0.3, -0.25) is 14.2 Å². The van der Waals surface area contributed by atoms with E-state index in [2.05, 4.69) is 19.9 Å². The second-order valence-electron chi connectivity index (χ2n) is 6.10. The molecule has 0 unspecified atom stereocenters. The van der Waals surface area contributed by atoms with Crippen LogP contribution in [0, 0.1) is 6.92 Å². The second-order valence-corrected chi connectivity index (χ2v) is 6.98. The van der Waals surface area contributed by atoms with E-state index in [1.54, 1.807) is 40.8 Å². The highest BCUT2D eigenvalue weighted by Crippen LogP contribution is 2.25. The Hall–Kier alpha value is -2.81. The number of carbonyl (C=O) groups excluding carboxylic acids is 1. The first kappa shape index (κ1) is 16.6. The minimum atomic E-state index is -0.200. The van der Waals surface area contributed by atoms with Crippen molar-refractivity contribution in [1.82, 2.24) is 29.3 Å². The van der Waals surface area contributed by atoms with E-state index in [-0.39, 0.29) is 5.91 Å². The lowest BCUT2D eigenvalue weighted by Gasteiger charge is -2.08. The zero-order valence-corrected chi connectivity index (χ0v) is 15.2. The van der Waals surface area contributed by atoms with Gasteiger partial charge in [0, 0.05) is 25.5 Å². The first-order valence-corrected chi connectivity index (χ1v) is 9.06. The molecule has 8 nitrogen and oxygen atoms in total. The first-order valence-electron chi connectivity index (χ1n) is 8.24. The average molecular weight is 370 g/mol. The van der Waals surface area contributed by atoms with Crippen LogP contribution in [0.3, 0.4) is 0 Å². The van der Waals surface area contributed by atoms with Gasteiger partial charge in [-0.1, -0.05) is 0 Å². The summed E-state index contributed by atoms with van der Waals surface area (Å²) < 4.78 is 11.8. The van der Waals surface area contributed by atoms with E-state index in [9.17, 15) is 4.79 Å². The van der Waals surface area contributed by atoms with Gasteiger partial charge in [-0.15, -0.1) is 5.10 Å². The molecule has 3 aromatic heterocycles. The zero-order chi connectivity index (χ0) is 18.1. The number of amides is 1. The van der Waals surface area contributed by atoms with Crippen LogP contribution in [0.5, 0.6) is 5.88 Å². The molecule has 1 N–H and O–H groups in total. The molecule has 4 rings (SSSR count). The molecule has 134 valence electrons. The molecule has 0 spiro atoms. The smallest absolute Gasteiger partial charge is 0.263 e. The third kappa shape index (κ3) is 3.72. The van der Waals surface area contributed by atoms with Crippen molar-refractivity contribution in [2.45, 2.75) is 30.8 Å². The van der Waals surface area contributed by atoms with Crippen molar-refractivity contribution in [3.8, 4) is 11.7 Å². The fourth-order valence-corrected chi connectivity index (χ4v) is 3.01. The maximum Gasteiger partial charge on any atom is 0.263 e. The number of carbonyl (C=O) groups is 1. The highest BCUT2D eigenvalue weighted by molar-refractivity contribution is 7.98. The van der Waals surface area contributed by atoms with E-state index in [4.69, 9.17) is 4.74 Å². The number of pyridine rings is 1. The number of hydrogen-bond donors (Lipinski definition) is 1. The predicted octanol–water partition coefficient (Wildman–Crippen LogP) is 2.29. The lowest BCUT2D eigenvalue weighted by atomic mass is 10.2. The Labute approximate surface area is 154 Å². The fourth-order valence-electron chi connectivity index (χ4n) is 2.38. The van der Waals surface area contributed by atoms with E-state index in [1.165, 1.54) is 11.9 Å². The molecule has 3 aromatic rings. The summed E-state index contributed by atoms with van der Waals surface area (Å²) in [7, 11) is 1.83. The number of aryl methyl sites for hydroxylation is 2. The molecule has 1 amide bonds. The molecule has 3 heterocycles. The highest BCUT2D eigenvalue weighted by Gasteiger charge is 2.24. The van der Waals surface area contributed by atoms with E-state index in [1.807, 2.05) is 19.3 Å². The van der Waals surface area contributed by atoms with Gasteiger partial charge in [0.1, 0.15) is 6.10 Å². The van der Waals surface area contributed by atoms with Crippen LogP contribution in [0.15, 0.2) is 41.7 Å². The highest BCUT2D eigenvalue weighted by atomic mass is 32.2. The van der Waals surface area contributed by atoms with Crippen LogP contribution in [0.1, 0.15) is 28.9 Å². The maximum absolute atomic E-state index is 12.4. The van der Waals surface area contributed by atoms with Crippen LogP contribution in [-0.2, 0) is 7.05 Å². The summed E-state index contributed by atoms with van der Waals surface area (Å²) in [5, 5.41) is 8.44. The van der Waals surface area contributed by atoms with E-state index >= 15 is 0 Å². The van der Waals surface area contributed by atoms with Crippen LogP contribution in [0.2, 0.25) is 0 Å². The van der Waals surface area contributed by atoms with Crippen molar-refractivity contribution in [3.63, 3.8) is 0 Å². The summed E-state index contributed by atoms with van der Waals surface area (Å²) in [5.74, 6) is 1.04. The molecular formula is C17H18N6O2S. The fraction of sp³-hybridized carbons (Fsp3) is 0.294. The summed E-state index contributed by atoms with van der Waals surface area (Å²) in [6, 6.07) is 5.34. The molecule has 0 atom stereocenters. The van der Waals surface area contributed by atoms with Gasteiger partial charge in [-0.05, 0) is 43.8 Å². The maximum atomic E-state index is 12.4. The standard InChI is InChI=1S/C17H18N6O2S/c1-11-14(17(24)21-26-13-9-18-22(2)10-13)5-6-15(19-11)23-8-7-16(20-23)25-12-3-4-12/h5-10,12H,3-4H2,1-2H3,(H,21,24). The van der Waals surface area contributed by atoms with Crippen molar-refractivity contribution in [2.75, 3.05) is 0 Å². The summed E-state index contributed by atoms with van der Waals surface area (Å²) in [6.07, 6.45) is 7.81. The van der Waals surface area contributed by atoms with Gasteiger partial charge in [0.15, 0.2) is 5.82 Å². The van der Waals surface area contributed by atoms with Crippen LogP contribution in [0.25, 0.3) is 5.82 Å². The van der Waals surface area contributed by atoms with E-state index in [0.29, 0.717) is 29.1 Å². The van der Waals surface area contributed by atoms with Crippen molar-refractivity contribution >= 4 is 17.9 Å². The first-order chi connectivity index (χ1) is 12.6. The lowest BCUT2D eigenvalue weighted by Crippen LogP contribution is -2.18. The van der Waals surface area contributed by atoms with Gasteiger partial charge in [0.05, 0.1) is 22.3 Å². The molecular weight excluding hydrogens is 352 g/mol. The molecule has 0 aromatic carbocycles. The van der Waals surface area contributed by atoms with Crippen molar-refractivity contribution in [1.29, 1.82) is 0 Å². The van der Waals surface area contributed by atoms with Gasteiger partial charge in [0.25, 0.3) is 5.91 Å². The Morgan fingerprint density at radius 3 is 2.88 bits per heavy atom. The molecule has 1 saturated carbocycles. The Kier molecular flexibility index (Phi) is 4.37. The summed E-state index contributed by atoms with van der Waals surface area (Å²) in [6.45, 7) is 1.80. The Morgan fingerprint density at radius 1 is 1.35 bits per heavy atom. The molecule has 0 bridgehead atoms. The molecule has 0 radical (unpaired) electrons. The topological polar surface area (TPSA) is 86.9 Å². The van der Waals surface area contributed by atoms with E-state index < -0.39 is 0 Å². The molecule has 1 aliphatic rings. The normalized spacial score (nSPS) is 13.6. The number of nitrogens with one attached hydrogen (secondary N) is 1. The SMILES string of the molecule is Cc1nc(-n2ccc(OC3CC3)n2)ccc1C(=O)NSc1cnn(C)c1. The Bertz CT molecular complexity index is 946. The van der Waals surface area contributed by atoms with Gasteiger partial charge in [-0.25, -0.2) is 9.67 Å². The molecule has 1 fully saturated rings. The lowest BCUT2D eigenvalue weighted by molar-refractivity contribution is 0.0983. The van der Waals surface area contributed by atoms with Crippen LogP contribution >= 0.6 is 11.9 Å². The van der Waals surface area contributed by atoms with Gasteiger partial charge >= 0.3 is 0 Å². The van der Waals surface area contributed by atoms with E-state index in [0.717, 1.165) is 17.7 Å². The quantitative estimate of drug-likeness (QED) is 0.670. The third-order valence-electron chi connectivity index (χ3n) is 3.87. The van der Waals surface area contributed by atoms with Crippen LogP contribution in [-0.4, -0.2) is 36.6 Å². The number of nitrogens with zero attached hydrogens (tertiary/aromatic N) is 5. The van der Waals surface area contributed by atoms with Crippen LogP contribution in [0.4, 0.5) is 0 Å². The largest absolute Gasteiger partial charge is 0.473 e. The van der Waals surface area contributed by atoms with Gasteiger partial charge in [-0.2, -0.15) is 5.10 Å². The molecule has 1 aliphatic carbocycles. The van der Waals surface area contributed by atoms with Crippen molar-refractivity contribution in [2.24, 2.45) is 7.05 Å². The molecule has 26 heavy (non-hydrogen) atoms. The minimum absolute atomic E-state index is 0.200. The second kappa shape index (κ2) is 6.83. The van der Waals surface area contributed by atoms with Gasteiger partial charge < -0.3 is 4.74 Å². The molecule has 9 heteroatoms.